The summed E-state index contributed by atoms with van der Waals surface area (Å²) in [6.07, 6.45) is 1.95. The van der Waals surface area contributed by atoms with Crippen molar-refractivity contribution in [1.29, 1.82) is 0 Å². The molecule has 0 bridgehead atoms. The maximum Gasteiger partial charge on any atom is 0.0703 e. The first kappa shape index (κ1) is 18.8. The molecule has 5 aromatic rings. The van der Waals surface area contributed by atoms with Crippen molar-refractivity contribution in [3.05, 3.63) is 134 Å². The lowest BCUT2D eigenvalue weighted by Gasteiger charge is -2.25. The molecule has 0 saturated carbocycles. The van der Waals surface area contributed by atoms with Gasteiger partial charge in [0.25, 0.3) is 0 Å². The van der Waals surface area contributed by atoms with Gasteiger partial charge in [-0.25, -0.2) is 0 Å². The summed E-state index contributed by atoms with van der Waals surface area (Å²) >= 11 is 0. The third-order valence-corrected chi connectivity index (χ3v) is 5.30. The Kier molecular flexibility index (Phi) is 5.27. The van der Waals surface area contributed by atoms with Gasteiger partial charge in [-0.1, -0.05) is 84.9 Å². The minimum atomic E-state index is 0.961. The van der Waals surface area contributed by atoms with Crippen molar-refractivity contribution in [2.45, 2.75) is 0 Å². The van der Waals surface area contributed by atoms with Crippen molar-refractivity contribution in [2.24, 2.45) is 0 Å². The average molecular weight is 399 g/mol. The molecule has 0 saturated heterocycles. The summed E-state index contributed by atoms with van der Waals surface area (Å²) in [5, 5.41) is 0. The first-order valence-corrected chi connectivity index (χ1v) is 10.4. The van der Waals surface area contributed by atoms with Crippen LogP contribution in [0.25, 0.3) is 22.4 Å². The van der Waals surface area contributed by atoms with Crippen LogP contribution in [0.4, 0.5) is 17.1 Å². The Morgan fingerprint density at radius 1 is 0.419 bits per heavy atom. The van der Waals surface area contributed by atoms with Gasteiger partial charge in [0.15, 0.2) is 0 Å². The van der Waals surface area contributed by atoms with Gasteiger partial charge in [-0.2, -0.15) is 0 Å². The highest BCUT2D eigenvalue weighted by molar-refractivity contribution is 5.79. The molecule has 4 aromatic carbocycles. The van der Waals surface area contributed by atoms with Crippen LogP contribution in [0.15, 0.2) is 134 Å². The van der Waals surface area contributed by atoms with Gasteiger partial charge < -0.3 is 4.90 Å². The van der Waals surface area contributed by atoms with E-state index >= 15 is 0 Å². The molecule has 148 valence electrons. The number of rotatable bonds is 5. The van der Waals surface area contributed by atoms with Crippen LogP contribution in [-0.4, -0.2) is 4.98 Å². The fraction of sp³-hybridized carbons (Fsp3) is 0. The van der Waals surface area contributed by atoms with E-state index in [9.17, 15) is 0 Å². The highest BCUT2D eigenvalue weighted by atomic mass is 15.1. The van der Waals surface area contributed by atoms with Crippen molar-refractivity contribution in [3.63, 3.8) is 0 Å². The van der Waals surface area contributed by atoms with Crippen LogP contribution in [0.5, 0.6) is 0 Å². The molecule has 1 aromatic heterocycles. The van der Waals surface area contributed by atoms with Crippen LogP contribution in [0.2, 0.25) is 0 Å². The Balaban J connectivity index is 1.53. The van der Waals surface area contributed by atoms with E-state index in [0.717, 1.165) is 33.9 Å². The van der Waals surface area contributed by atoms with Gasteiger partial charge in [-0.05, 0) is 48.0 Å². The van der Waals surface area contributed by atoms with Crippen LogP contribution in [0.3, 0.4) is 0 Å². The molecule has 0 radical (unpaired) electrons. The SMILES string of the molecule is c1ccc(-c2ccc(-c3cccc(N(c4ccccc4)c4ccccc4)c3)nc2)cc1. The number of benzene rings is 4. The number of anilines is 3. The van der Waals surface area contributed by atoms with Crippen LogP contribution in [-0.2, 0) is 0 Å². The number of para-hydroxylation sites is 2. The molecule has 0 unspecified atom stereocenters. The van der Waals surface area contributed by atoms with Gasteiger partial charge in [0.05, 0.1) is 5.69 Å². The van der Waals surface area contributed by atoms with Crippen molar-refractivity contribution < 1.29 is 0 Å². The van der Waals surface area contributed by atoms with E-state index in [1.165, 1.54) is 5.56 Å². The molecule has 0 aliphatic heterocycles. The van der Waals surface area contributed by atoms with E-state index in [4.69, 9.17) is 4.98 Å². The van der Waals surface area contributed by atoms with E-state index in [0.29, 0.717) is 0 Å². The fourth-order valence-corrected chi connectivity index (χ4v) is 3.77. The predicted molar refractivity (Wildman–Crippen MR) is 130 cm³/mol. The molecule has 2 nitrogen and oxygen atoms in total. The summed E-state index contributed by atoms with van der Waals surface area (Å²) in [7, 11) is 0. The summed E-state index contributed by atoms with van der Waals surface area (Å²) in [6, 6.07) is 44.0. The Labute approximate surface area is 183 Å². The molecule has 0 aliphatic carbocycles. The molecule has 0 amide bonds. The van der Waals surface area contributed by atoms with E-state index in [2.05, 4.69) is 114 Å². The molecule has 0 fully saturated rings. The second-order valence-electron chi connectivity index (χ2n) is 7.35. The molecule has 0 atom stereocenters. The van der Waals surface area contributed by atoms with Crippen LogP contribution >= 0.6 is 0 Å². The number of nitrogens with zero attached hydrogens (tertiary/aromatic N) is 2. The Morgan fingerprint density at radius 2 is 0.968 bits per heavy atom. The van der Waals surface area contributed by atoms with Crippen molar-refractivity contribution in [2.75, 3.05) is 4.90 Å². The molecule has 2 heteroatoms. The van der Waals surface area contributed by atoms with Gasteiger partial charge in [-0.15, -0.1) is 0 Å². The Bertz CT molecular complexity index is 1210. The van der Waals surface area contributed by atoms with Crippen LogP contribution < -0.4 is 4.90 Å². The van der Waals surface area contributed by atoms with E-state index < -0.39 is 0 Å². The minimum Gasteiger partial charge on any atom is -0.310 e. The van der Waals surface area contributed by atoms with E-state index in [-0.39, 0.29) is 0 Å². The molecular weight excluding hydrogens is 376 g/mol. The average Bonchev–Trinajstić information content (AvgIpc) is 2.86. The molecule has 0 spiro atoms. The Hall–Kier alpha value is -4.17. The van der Waals surface area contributed by atoms with Crippen molar-refractivity contribution in [1.82, 2.24) is 4.98 Å². The lowest BCUT2D eigenvalue weighted by Crippen LogP contribution is -2.09. The van der Waals surface area contributed by atoms with Gasteiger partial charge in [0.1, 0.15) is 0 Å². The first-order valence-electron chi connectivity index (χ1n) is 10.4. The second-order valence-corrected chi connectivity index (χ2v) is 7.35. The smallest absolute Gasteiger partial charge is 0.0703 e. The van der Waals surface area contributed by atoms with Gasteiger partial charge in [0.2, 0.25) is 0 Å². The third kappa shape index (κ3) is 4.10. The highest BCUT2D eigenvalue weighted by Gasteiger charge is 2.13. The van der Waals surface area contributed by atoms with Crippen LogP contribution in [0.1, 0.15) is 0 Å². The zero-order valence-corrected chi connectivity index (χ0v) is 17.1. The maximum absolute atomic E-state index is 4.75. The van der Waals surface area contributed by atoms with E-state index in [1.54, 1.807) is 0 Å². The highest BCUT2D eigenvalue weighted by Crippen LogP contribution is 2.36. The molecule has 1 heterocycles. The largest absolute Gasteiger partial charge is 0.310 e. The lowest BCUT2D eigenvalue weighted by atomic mass is 10.1. The second kappa shape index (κ2) is 8.68. The van der Waals surface area contributed by atoms with Gasteiger partial charge in [0, 0.05) is 34.4 Å². The molecule has 5 rings (SSSR count). The number of hydrogen-bond donors (Lipinski definition) is 0. The zero-order chi connectivity index (χ0) is 20.9. The number of pyridine rings is 1. The minimum absolute atomic E-state index is 0.961. The first-order chi connectivity index (χ1) is 15.4. The van der Waals surface area contributed by atoms with Crippen molar-refractivity contribution >= 4 is 17.1 Å². The monoisotopic (exact) mass is 398 g/mol. The molecule has 0 aliphatic rings. The molecule has 31 heavy (non-hydrogen) atoms. The quantitative estimate of drug-likeness (QED) is 0.299. The summed E-state index contributed by atoms with van der Waals surface area (Å²) in [5.74, 6) is 0. The zero-order valence-electron chi connectivity index (χ0n) is 17.1. The number of hydrogen-bond acceptors (Lipinski definition) is 2. The number of aromatic nitrogens is 1. The topological polar surface area (TPSA) is 16.1 Å². The van der Waals surface area contributed by atoms with E-state index in [1.807, 2.05) is 24.4 Å². The fourth-order valence-electron chi connectivity index (χ4n) is 3.77. The van der Waals surface area contributed by atoms with Crippen molar-refractivity contribution in [3.8, 4) is 22.4 Å². The summed E-state index contributed by atoms with van der Waals surface area (Å²) in [5.41, 5.74) is 7.70. The normalized spacial score (nSPS) is 10.6. The summed E-state index contributed by atoms with van der Waals surface area (Å²) in [4.78, 5) is 7.02. The van der Waals surface area contributed by atoms with Gasteiger partial charge >= 0.3 is 0 Å². The Morgan fingerprint density at radius 3 is 1.55 bits per heavy atom. The van der Waals surface area contributed by atoms with Crippen LogP contribution in [0, 0.1) is 0 Å². The molecule has 0 N–H and O–H groups in total. The summed E-state index contributed by atoms with van der Waals surface area (Å²) < 4.78 is 0. The van der Waals surface area contributed by atoms with Gasteiger partial charge in [-0.3, -0.25) is 4.98 Å². The summed E-state index contributed by atoms with van der Waals surface area (Å²) in [6.45, 7) is 0. The predicted octanol–water partition coefficient (Wildman–Crippen LogP) is 7.89. The third-order valence-electron chi connectivity index (χ3n) is 5.30. The lowest BCUT2D eigenvalue weighted by molar-refractivity contribution is 1.27. The molecular formula is C29H22N2. The maximum atomic E-state index is 4.75. The standard InChI is InChI=1S/C29H22N2/c1-4-11-23(12-5-1)25-19-20-29(30-22-25)24-13-10-18-28(21-24)31(26-14-6-2-7-15-26)27-16-8-3-9-17-27/h1-22H.